The summed E-state index contributed by atoms with van der Waals surface area (Å²) < 4.78 is 10.6. The fraction of sp³-hybridized carbons (Fsp3) is 0.647. The summed E-state index contributed by atoms with van der Waals surface area (Å²) in [5, 5.41) is 5.57. The molecule has 23 heavy (non-hydrogen) atoms. The number of ether oxygens (including phenoxy) is 1. The third-order valence-electron chi connectivity index (χ3n) is 3.80. The molecule has 1 unspecified atom stereocenters. The summed E-state index contributed by atoms with van der Waals surface area (Å²) in [6.45, 7) is 5.82. The first kappa shape index (κ1) is 17.5. The van der Waals surface area contributed by atoms with Crippen molar-refractivity contribution < 1.29 is 18.7 Å². The second-order valence-electron chi connectivity index (χ2n) is 6.34. The minimum absolute atomic E-state index is 0.0139. The van der Waals surface area contributed by atoms with Crippen molar-refractivity contribution in [2.45, 2.75) is 39.2 Å². The number of hydrogen-bond donors (Lipinski definition) is 2. The predicted octanol–water partition coefficient (Wildman–Crippen LogP) is 1.97. The number of carbonyl (C=O) groups is 2. The lowest BCUT2D eigenvalue weighted by Gasteiger charge is -2.21. The van der Waals surface area contributed by atoms with E-state index in [2.05, 4.69) is 10.6 Å². The molecule has 2 N–H and O–H groups in total. The number of furan rings is 1. The van der Waals surface area contributed by atoms with Crippen LogP contribution in [0.15, 0.2) is 22.8 Å². The van der Waals surface area contributed by atoms with Crippen LogP contribution in [0, 0.1) is 11.8 Å². The molecule has 0 spiro atoms. The fourth-order valence-electron chi connectivity index (χ4n) is 2.19. The molecule has 6 heteroatoms. The van der Waals surface area contributed by atoms with Gasteiger partial charge in [-0.15, -0.1) is 0 Å². The summed E-state index contributed by atoms with van der Waals surface area (Å²) >= 11 is 0. The van der Waals surface area contributed by atoms with Gasteiger partial charge in [-0.25, -0.2) is 0 Å². The molecule has 0 aromatic carbocycles. The molecule has 1 aliphatic carbocycles. The molecule has 0 bridgehead atoms. The number of amides is 2. The van der Waals surface area contributed by atoms with E-state index in [1.807, 2.05) is 13.8 Å². The van der Waals surface area contributed by atoms with Crippen LogP contribution in [-0.4, -0.2) is 37.6 Å². The molecule has 1 aliphatic rings. The Bertz CT molecular complexity index is 495. The Kier molecular flexibility index (Phi) is 6.65. The molecular formula is C17H26N2O4. The third kappa shape index (κ3) is 6.06. The van der Waals surface area contributed by atoms with Gasteiger partial charge in [-0.1, -0.05) is 13.8 Å². The molecule has 6 nitrogen and oxygen atoms in total. The lowest BCUT2D eigenvalue weighted by Crippen LogP contribution is -2.49. The van der Waals surface area contributed by atoms with Gasteiger partial charge in [0.15, 0.2) is 5.76 Å². The average Bonchev–Trinajstić information content (AvgIpc) is 3.17. The molecule has 1 saturated carbocycles. The Labute approximate surface area is 137 Å². The molecule has 0 aliphatic heterocycles. The zero-order chi connectivity index (χ0) is 16.7. The minimum Gasteiger partial charge on any atom is -0.459 e. The van der Waals surface area contributed by atoms with E-state index in [0.29, 0.717) is 13.2 Å². The van der Waals surface area contributed by atoms with Crippen LogP contribution in [-0.2, 0) is 9.53 Å². The predicted molar refractivity (Wildman–Crippen MR) is 86.0 cm³/mol. The van der Waals surface area contributed by atoms with E-state index in [9.17, 15) is 9.59 Å². The van der Waals surface area contributed by atoms with E-state index in [0.717, 1.165) is 18.9 Å². The van der Waals surface area contributed by atoms with E-state index >= 15 is 0 Å². The van der Waals surface area contributed by atoms with Crippen molar-refractivity contribution in [1.29, 1.82) is 0 Å². The van der Waals surface area contributed by atoms with Gasteiger partial charge in [-0.2, -0.15) is 0 Å². The molecule has 128 valence electrons. The molecule has 0 radical (unpaired) electrons. The normalized spacial score (nSPS) is 15.4. The summed E-state index contributed by atoms with van der Waals surface area (Å²) in [5.74, 6) is 0.391. The smallest absolute Gasteiger partial charge is 0.287 e. The highest BCUT2D eigenvalue weighted by molar-refractivity contribution is 5.95. The zero-order valence-corrected chi connectivity index (χ0v) is 13.8. The molecule has 1 atom stereocenters. The van der Waals surface area contributed by atoms with Crippen LogP contribution in [0.4, 0.5) is 0 Å². The summed E-state index contributed by atoms with van der Waals surface area (Å²) in [6.07, 6.45) is 4.76. The van der Waals surface area contributed by atoms with Crippen LogP contribution in [0.5, 0.6) is 0 Å². The van der Waals surface area contributed by atoms with Gasteiger partial charge in [0.1, 0.15) is 6.04 Å². The highest BCUT2D eigenvalue weighted by atomic mass is 16.5. The molecule has 1 aromatic rings. The lowest BCUT2D eigenvalue weighted by molar-refractivity contribution is -0.124. The maximum absolute atomic E-state index is 12.2. The van der Waals surface area contributed by atoms with Crippen molar-refractivity contribution in [3.8, 4) is 0 Å². The van der Waals surface area contributed by atoms with E-state index in [1.165, 1.54) is 19.1 Å². The maximum Gasteiger partial charge on any atom is 0.287 e. The van der Waals surface area contributed by atoms with Crippen molar-refractivity contribution in [1.82, 2.24) is 10.6 Å². The molecule has 1 heterocycles. The first-order valence-electron chi connectivity index (χ1n) is 8.27. The van der Waals surface area contributed by atoms with E-state index < -0.39 is 6.04 Å². The molecular weight excluding hydrogens is 296 g/mol. The minimum atomic E-state index is -0.583. The second kappa shape index (κ2) is 8.72. The molecule has 2 amide bonds. The van der Waals surface area contributed by atoms with Crippen molar-refractivity contribution in [2.75, 3.05) is 19.8 Å². The van der Waals surface area contributed by atoms with E-state index in [4.69, 9.17) is 9.15 Å². The summed E-state index contributed by atoms with van der Waals surface area (Å²) in [5.41, 5.74) is 0. The maximum atomic E-state index is 12.2. The van der Waals surface area contributed by atoms with Gasteiger partial charge < -0.3 is 19.8 Å². The topological polar surface area (TPSA) is 80.6 Å². The molecule has 1 fully saturated rings. The van der Waals surface area contributed by atoms with Gasteiger partial charge in [0.05, 0.1) is 6.26 Å². The molecule has 1 aromatic heterocycles. The van der Waals surface area contributed by atoms with Crippen molar-refractivity contribution >= 4 is 11.8 Å². The van der Waals surface area contributed by atoms with Crippen LogP contribution in [0.25, 0.3) is 0 Å². The van der Waals surface area contributed by atoms with Crippen LogP contribution < -0.4 is 10.6 Å². The Hall–Kier alpha value is -1.82. The molecule has 0 saturated heterocycles. The van der Waals surface area contributed by atoms with E-state index in [-0.39, 0.29) is 23.5 Å². The zero-order valence-electron chi connectivity index (χ0n) is 13.8. The molecule has 2 rings (SSSR count). The fourth-order valence-corrected chi connectivity index (χ4v) is 2.19. The van der Waals surface area contributed by atoms with Crippen molar-refractivity contribution in [3.63, 3.8) is 0 Å². The first-order chi connectivity index (χ1) is 11.1. The SMILES string of the molecule is CC(C)C(NC(=O)c1ccco1)C(=O)NCCCOCC1CC1. The lowest BCUT2D eigenvalue weighted by atomic mass is 10.0. The number of rotatable bonds is 10. The quantitative estimate of drug-likeness (QED) is 0.645. The Morgan fingerprint density at radius 2 is 2.17 bits per heavy atom. The van der Waals surface area contributed by atoms with Gasteiger partial charge in [-0.3, -0.25) is 9.59 Å². The summed E-state index contributed by atoms with van der Waals surface area (Å²) in [7, 11) is 0. The monoisotopic (exact) mass is 322 g/mol. The van der Waals surface area contributed by atoms with Crippen LogP contribution >= 0.6 is 0 Å². The summed E-state index contributed by atoms with van der Waals surface area (Å²) in [6, 6.07) is 2.63. The summed E-state index contributed by atoms with van der Waals surface area (Å²) in [4.78, 5) is 24.2. The standard InChI is InChI=1S/C17H26N2O4/c1-12(2)15(19-16(20)14-5-3-10-23-14)17(21)18-8-4-9-22-11-13-6-7-13/h3,5,10,12-13,15H,4,6-9,11H2,1-2H3,(H,18,21)(H,19,20). The Balaban J connectivity index is 1.68. The highest BCUT2D eigenvalue weighted by Gasteiger charge is 2.25. The first-order valence-corrected chi connectivity index (χ1v) is 8.27. The highest BCUT2D eigenvalue weighted by Crippen LogP contribution is 2.28. The van der Waals surface area contributed by atoms with Crippen LogP contribution in [0.2, 0.25) is 0 Å². The van der Waals surface area contributed by atoms with E-state index in [1.54, 1.807) is 12.1 Å². The van der Waals surface area contributed by atoms with Crippen LogP contribution in [0.3, 0.4) is 0 Å². The van der Waals surface area contributed by atoms with Gasteiger partial charge in [0.25, 0.3) is 5.91 Å². The number of nitrogens with one attached hydrogen (secondary N) is 2. The van der Waals surface area contributed by atoms with Gasteiger partial charge >= 0.3 is 0 Å². The Morgan fingerprint density at radius 1 is 1.39 bits per heavy atom. The third-order valence-corrected chi connectivity index (χ3v) is 3.80. The average molecular weight is 322 g/mol. The Morgan fingerprint density at radius 3 is 2.78 bits per heavy atom. The largest absolute Gasteiger partial charge is 0.459 e. The van der Waals surface area contributed by atoms with Gasteiger partial charge in [-0.05, 0) is 43.2 Å². The van der Waals surface area contributed by atoms with Gasteiger partial charge in [0.2, 0.25) is 5.91 Å². The van der Waals surface area contributed by atoms with Gasteiger partial charge in [0, 0.05) is 19.8 Å². The van der Waals surface area contributed by atoms with Crippen molar-refractivity contribution in [3.05, 3.63) is 24.2 Å². The number of hydrogen-bond acceptors (Lipinski definition) is 4. The second-order valence-corrected chi connectivity index (χ2v) is 6.34. The number of carbonyl (C=O) groups excluding carboxylic acids is 2. The van der Waals surface area contributed by atoms with Crippen LogP contribution in [0.1, 0.15) is 43.7 Å². The van der Waals surface area contributed by atoms with Crippen molar-refractivity contribution in [2.24, 2.45) is 11.8 Å².